The molecule has 5 heteroatoms. The SMILES string of the molecule is O=C(c1cnccc1Cl)N(CCO)C1CC1. The highest BCUT2D eigenvalue weighted by atomic mass is 35.5. The van der Waals surface area contributed by atoms with Crippen LogP contribution in [0.4, 0.5) is 0 Å². The highest BCUT2D eigenvalue weighted by molar-refractivity contribution is 6.33. The second-order valence-electron chi connectivity index (χ2n) is 3.81. The minimum atomic E-state index is -0.144. The normalized spacial score (nSPS) is 14.9. The van der Waals surface area contributed by atoms with E-state index in [0.717, 1.165) is 12.8 Å². The average Bonchev–Trinajstić information content (AvgIpc) is 3.09. The summed E-state index contributed by atoms with van der Waals surface area (Å²) in [5, 5.41) is 9.34. The van der Waals surface area contributed by atoms with Gasteiger partial charge in [-0.1, -0.05) is 11.6 Å². The van der Waals surface area contributed by atoms with E-state index in [9.17, 15) is 4.79 Å². The number of nitrogens with zero attached hydrogens (tertiary/aromatic N) is 2. The van der Waals surface area contributed by atoms with Crippen molar-refractivity contribution in [3.63, 3.8) is 0 Å². The van der Waals surface area contributed by atoms with Crippen LogP contribution in [0.25, 0.3) is 0 Å². The molecule has 1 fully saturated rings. The lowest BCUT2D eigenvalue weighted by Gasteiger charge is -2.21. The predicted molar refractivity (Wildman–Crippen MR) is 60.4 cm³/mol. The van der Waals surface area contributed by atoms with Gasteiger partial charge < -0.3 is 10.0 Å². The fourth-order valence-corrected chi connectivity index (χ4v) is 1.82. The standard InChI is InChI=1S/C11H13ClN2O2/c12-10-3-4-13-7-9(10)11(16)14(5-6-15)8-1-2-8/h3-4,7-8,15H,1-2,5-6H2. The first-order valence-electron chi connectivity index (χ1n) is 5.25. The predicted octanol–water partition coefficient (Wildman–Crippen LogP) is 1.33. The molecule has 1 aromatic rings. The van der Waals surface area contributed by atoms with Crippen molar-refractivity contribution < 1.29 is 9.90 Å². The molecule has 0 saturated heterocycles. The molecule has 0 aliphatic heterocycles. The number of aliphatic hydroxyl groups is 1. The zero-order valence-corrected chi connectivity index (χ0v) is 9.52. The Morgan fingerprint density at radius 3 is 2.94 bits per heavy atom. The Labute approximate surface area is 98.9 Å². The van der Waals surface area contributed by atoms with Gasteiger partial charge >= 0.3 is 0 Å². The summed E-state index contributed by atoms with van der Waals surface area (Å²) in [5.41, 5.74) is 0.407. The number of hydrogen-bond acceptors (Lipinski definition) is 3. The molecule has 1 saturated carbocycles. The van der Waals surface area contributed by atoms with Gasteiger partial charge in [0.05, 0.1) is 17.2 Å². The Hall–Kier alpha value is -1.13. The lowest BCUT2D eigenvalue weighted by atomic mass is 10.2. The van der Waals surface area contributed by atoms with Crippen LogP contribution in [0, 0.1) is 0 Å². The molecule has 0 spiro atoms. The van der Waals surface area contributed by atoms with Crippen LogP contribution in [0.2, 0.25) is 5.02 Å². The Morgan fingerprint density at radius 1 is 1.62 bits per heavy atom. The third-order valence-electron chi connectivity index (χ3n) is 2.59. The van der Waals surface area contributed by atoms with Crippen LogP contribution in [-0.4, -0.2) is 40.1 Å². The van der Waals surface area contributed by atoms with Gasteiger partial charge in [0.1, 0.15) is 0 Å². The molecule has 1 heterocycles. The molecule has 1 N–H and O–H groups in total. The van der Waals surface area contributed by atoms with Crippen molar-refractivity contribution in [3.05, 3.63) is 29.0 Å². The fraction of sp³-hybridized carbons (Fsp3) is 0.455. The van der Waals surface area contributed by atoms with Crippen LogP contribution >= 0.6 is 11.6 Å². The number of carbonyl (C=O) groups is 1. The zero-order valence-electron chi connectivity index (χ0n) is 8.77. The van der Waals surface area contributed by atoms with Gasteiger partial charge in [-0.3, -0.25) is 9.78 Å². The summed E-state index contributed by atoms with van der Waals surface area (Å²) in [6.07, 6.45) is 5.03. The van der Waals surface area contributed by atoms with Gasteiger partial charge in [-0.05, 0) is 18.9 Å². The van der Waals surface area contributed by atoms with Crippen molar-refractivity contribution in [2.75, 3.05) is 13.2 Å². The van der Waals surface area contributed by atoms with Gasteiger partial charge in [0.15, 0.2) is 0 Å². The number of hydrogen-bond donors (Lipinski definition) is 1. The van der Waals surface area contributed by atoms with Crippen molar-refractivity contribution in [2.24, 2.45) is 0 Å². The van der Waals surface area contributed by atoms with Crippen LogP contribution in [0.1, 0.15) is 23.2 Å². The second-order valence-corrected chi connectivity index (χ2v) is 4.22. The molecule has 1 amide bonds. The lowest BCUT2D eigenvalue weighted by molar-refractivity contribution is 0.0707. The topological polar surface area (TPSA) is 53.4 Å². The van der Waals surface area contributed by atoms with Crippen molar-refractivity contribution >= 4 is 17.5 Å². The molecule has 1 aliphatic carbocycles. The van der Waals surface area contributed by atoms with E-state index < -0.39 is 0 Å². The van der Waals surface area contributed by atoms with E-state index >= 15 is 0 Å². The lowest BCUT2D eigenvalue weighted by Crippen LogP contribution is -2.35. The van der Waals surface area contributed by atoms with E-state index in [1.807, 2.05) is 0 Å². The van der Waals surface area contributed by atoms with E-state index in [1.165, 1.54) is 6.20 Å². The third kappa shape index (κ3) is 2.33. The van der Waals surface area contributed by atoms with E-state index in [4.69, 9.17) is 16.7 Å². The quantitative estimate of drug-likeness (QED) is 0.864. The second kappa shape index (κ2) is 4.80. The number of halogens is 1. The van der Waals surface area contributed by atoms with Crippen LogP contribution in [0.5, 0.6) is 0 Å². The average molecular weight is 241 g/mol. The summed E-state index contributed by atoms with van der Waals surface area (Å²) in [7, 11) is 0. The van der Waals surface area contributed by atoms with Gasteiger partial charge in [0.2, 0.25) is 0 Å². The summed E-state index contributed by atoms with van der Waals surface area (Å²) in [6.45, 7) is 0.328. The largest absolute Gasteiger partial charge is 0.395 e. The number of pyridine rings is 1. The molecule has 0 bridgehead atoms. The maximum absolute atomic E-state index is 12.1. The van der Waals surface area contributed by atoms with E-state index in [-0.39, 0.29) is 18.6 Å². The minimum absolute atomic E-state index is 0.0277. The van der Waals surface area contributed by atoms with E-state index in [2.05, 4.69) is 4.98 Å². The van der Waals surface area contributed by atoms with Crippen molar-refractivity contribution in [3.8, 4) is 0 Å². The highest BCUT2D eigenvalue weighted by Gasteiger charge is 2.33. The van der Waals surface area contributed by atoms with Gasteiger partial charge in [-0.25, -0.2) is 0 Å². The van der Waals surface area contributed by atoms with Crippen LogP contribution in [-0.2, 0) is 0 Å². The Kier molecular flexibility index (Phi) is 3.41. The van der Waals surface area contributed by atoms with E-state index in [1.54, 1.807) is 17.2 Å². The zero-order chi connectivity index (χ0) is 11.5. The summed E-state index contributed by atoms with van der Waals surface area (Å²) >= 11 is 5.94. The molecule has 16 heavy (non-hydrogen) atoms. The highest BCUT2D eigenvalue weighted by Crippen LogP contribution is 2.29. The fourth-order valence-electron chi connectivity index (χ4n) is 1.63. The Balaban J connectivity index is 2.19. The summed E-state index contributed by atoms with van der Waals surface area (Å²) in [4.78, 5) is 17.7. The molecule has 0 atom stereocenters. The van der Waals surface area contributed by atoms with Crippen molar-refractivity contribution in [1.82, 2.24) is 9.88 Å². The number of aromatic nitrogens is 1. The third-order valence-corrected chi connectivity index (χ3v) is 2.92. The smallest absolute Gasteiger partial charge is 0.257 e. The summed E-state index contributed by atoms with van der Waals surface area (Å²) in [6, 6.07) is 1.86. The Bertz CT molecular complexity index is 393. The first kappa shape index (κ1) is 11.4. The van der Waals surface area contributed by atoms with Crippen molar-refractivity contribution in [2.45, 2.75) is 18.9 Å². The van der Waals surface area contributed by atoms with Crippen molar-refractivity contribution in [1.29, 1.82) is 0 Å². The number of aliphatic hydroxyl groups excluding tert-OH is 1. The van der Waals surface area contributed by atoms with Crippen LogP contribution < -0.4 is 0 Å². The summed E-state index contributed by atoms with van der Waals surface area (Å²) in [5.74, 6) is -0.144. The number of rotatable bonds is 4. The first-order chi connectivity index (χ1) is 7.74. The Morgan fingerprint density at radius 2 is 2.38 bits per heavy atom. The minimum Gasteiger partial charge on any atom is -0.395 e. The molecular weight excluding hydrogens is 228 g/mol. The maximum atomic E-state index is 12.1. The molecular formula is C11H13ClN2O2. The van der Waals surface area contributed by atoms with Gasteiger partial charge in [-0.15, -0.1) is 0 Å². The first-order valence-corrected chi connectivity index (χ1v) is 5.63. The monoisotopic (exact) mass is 240 g/mol. The summed E-state index contributed by atoms with van der Waals surface area (Å²) < 4.78 is 0. The maximum Gasteiger partial charge on any atom is 0.257 e. The molecule has 2 rings (SSSR count). The van der Waals surface area contributed by atoms with Gasteiger partial charge in [0.25, 0.3) is 5.91 Å². The molecule has 1 aliphatic rings. The van der Waals surface area contributed by atoms with Gasteiger partial charge in [0, 0.05) is 25.0 Å². The molecule has 86 valence electrons. The van der Waals surface area contributed by atoms with E-state index in [0.29, 0.717) is 17.1 Å². The number of amides is 1. The number of carbonyl (C=O) groups excluding carboxylic acids is 1. The van der Waals surface area contributed by atoms with Crippen LogP contribution in [0.3, 0.4) is 0 Å². The molecule has 4 nitrogen and oxygen atoms in total. The molecule has 0 unspecified atom stereocenters. The molecule has 0 radical (unpaired) electrons. The molecule has 0 aromatic carbocycles. The van der Waals surface area contributed by atoms with Gasteiger partial charge in [-0.2, -0.15) is 0 Å². The van der Waals surface area contributed by atoms with Crippen LogP contribution in [0.15, 0.2) is 18.5 Å². The molecule has 1 aromatic heterocycles.